The van der Waals surface area contributed by atoms with E-state index in [4.69, 9.17) is 23.7 Å². The van der Waals surface area contributed by atoms with E-state index in [0.29, 0.717) is 5.56 Å². The molecule has 236 valence electrons. The van der Waals surface area contributed by atoms with E-state index in [-0.39, 0.29) is 53.9 Å². The van der Waals surface area contributed by atoms with Gasteiger partial charge in [0.2, 0.25) is 6.29 Å². The van der Waals surface area contributed by atoms with E-state index >= 15 is 0 Å². The van der Waals surface area contributed by atoms with Crippen LogP contribution in [-0.2, 0) is 9.47 Å². The highest BCUT2D eigenvalue weighted by Gasteiger charge is 2.47. The van der Waals surface area contributed by atoms with Gasteiger partial charge in [0, 0.05) is 12.1 Å². The highest BCUT2D eigenvalue weighted by Crippen LogP contribution is 2.43. The number of aromatic hydroxyl groups is 2. The van der Waals surface area contributed by atoms with Gasteiger partial charge in [0.15, 0.2) is 17.3 Å². The second kappa shape index (κ2) is 12.4. The molecule has 0 radical (unpaired) electrons. The normalized spacial score (nSPS) is 36.0. The summed E-state index contributed by atoms with van der Waals surface area (Å²) in [5.74, 6) is -1.30. The third-order valence-electron chi connectivity index (χ3n) is 8.21. The Morgan fingerprint density at radius 1 is 0.884 bits per heavy atom. The minimum atomic E-state index is -1.74. The molecule has 43 heavy (non-hydrogen) atoms. The lowest BCUT2D eigenvalue weighted by Crippen LogP contribution is -2.61. The van der Waals surface area contributed by atoms with Crippen molar-refractivity contribution in [1.29, 1.82) is 0 Å². The monoisotopic (exact) mass is 608 g/mol. The first kappa shape index (κ1) is 31.2. The molecule has 11 atom stereocenters. The number of carbonyl (C=O) groups excluding carboxylic acids is 1. The van der Waals surface area contributed by atoms with E-state index < -0.39 is 72.8 Å². The Kier molecular flexibility index (Phi) is 9.02. The number of carbonyl (C=O) groups is 1. The van der Waals surface area contributed by atoms with Crippen LogP contribution in [0.25, 0.3) is 0 Å². The first-order valence-corrected chi connectivity index (χ1v) is 13.9. The summed E-state index contributed by atoms with van der Waals surface area (Å²) in [5, 5.41) is 82.7. The summed E-state index contributed by atoms with van der Waals surface area (Å²) in [6.07, 6.45) is -13.5. The van der Waals surface area contributed by atoms with Gasteiger partial charge < -0.3 is 64.5 Å². The van der Waals surface area contributed by atoms with E-state index in [0.717, 1.165) is 6.07 Å². The lowest BCUT2D eigenvalue weighted by Gasteiger charge is -2.42. The SMILES string of the molecule is COc1ccc([C@@H]2CC(=O)c3c(O)cc(O[C@@H]4O[C@H](CO[C@@H]5C[C@H](C)[C@H](O)[C@H](O)[C@H]5O)[C@@H](O)[C@@H](O)[C@@H]4O)cc3O2)cc1O. The van der Waals surface area contributed by atoms with Crippen molar-refractivity contribution < 1.29 is 69.3 Å². The summed E-state index contributed by atoms with van der Waals surface area (Å²) >= 11 is 0. The molecule has 3 aliphatic rings. The Hall–Kier alpha value is -3.21. The first-order chi connectivity index (χ1) is 20.4. The number of aliphatic hydroxyl groups is 6. The van der Waals surface area contributed by atoms with Crippen molar-refractivity contribution in [3.05, 3.63) is 41.5 Å². The molecule has 14 nitrogen and oxygen atoms in total. The molecule has 0 amide bonds. The van der Waals surface area contributed by atoms with Gasteiger partial charge in [-0.15, -0.1) is 0 Å². The quantitative estimate of drug-likeness (QED) is 0.199. The zero-order valence-electron chi connectivity index (χ0n) is 23.4. The number of methoxy groups -OCH3 is 1. The molecule has 2 aliphatic heterocycles. The van der Waals surface area contributed by atoms with Crippen LogP contribution < -0.4 is 14.2 Å². The van der Waals surface area contributed by atoms with E-state index in [1.165, 1.54) is 25.3 Å². The number of rotatable bonds is 7. The smallest absolute Gasteiger partial charge is 0.229 e. The van der Waals surface area contributed by atoms with Crippen LogP contribution in [0.3, 0.4) is 0 Å². The zero-order chi connectivity index (χ0) is 31.2. The van der Waals surface area contributed by atoms with Crippen LogP contribution in [0, 0.1) is 5.92 Å². The summed E-state index contributed by atoms with van der Waals surface area (Å²) in [6, 6.07) is 6.96. The predicted octanol–water partition coefficient (Wildman–Crippen LogP) is -0.493. The standard InChI is InChI=1S/C29H36O14/c1-11-5-20(24(34)26(36)23(11)33)40-10-21-25(35)27(37)28(38)29(43-21)41-13-7-15(31)22-16(32)9-18(42-19(22)8-13)12-3-4-17(39-2)14(30)6-12/h3-4,6-8,11,18,20-21,23-31,33-38H,5,9-10H2,1-2H3/t11-,18-,20+,21+,23-,24-,25+,26-,27+,28-,29+/m0/s1. The van der Waals surface area contributed by atoms with Gasteiger partial charge in [-0.3, -0.25) is 4.79 Å². The summed E-state index contributed by atoms with van der Waals surface area (Å²) < 4.78 is 28.1. The van der Waals surface area contributed by atoms with Gasteiger partial charge in [-0.2, -0.15) is 0 Å². The maximum atomic E-state index is 12.9. The molecule has 8 N–H and O–H groups in total. The second-order valence-electron chi connectivity index (χ2n) is 11.2. The number of hydrogen-bond acceptors (Lipinski definition) is 14. The molecule has 2 aromatic carbocycles. The van der Waals surface area contributed by atoms with Crippen molar-refractivity contribution in [3.63, 3.8) is 0 Å². The Balaban J connectivity index is 1.30. The Morgan fingerprint density at radius 3 is 2.30 bits per heavy atom. The number of phenols is 2. The minimum absolute atomic E-state index is 0.0292. The molecule has 0 aromatic heterocycles. The highest BCUT2D eigenvalue weighted by molar-refractivity contribution is 6.02. The van der Waals surface area contributed by atoms with Crippen LogP contribution in [0.2, 0.25) is 0 Å². The lowest BCUT2D eigenvalue weighted by atomic mass is 9.82. The fourth-order valence-electron chi connectivity index (χ4n) is 5.65. The number of phenolic OH excluding ortho intramolecular Hbond substituents is 2. The average Bonchev–Trinajstić information content (AvgIpc) is 2.97. The van der Waals surface area contributed by atoms with Gasteiger partial charge in [0.25, 0.3) is 0 Å². The molecule has 2 aromatic rings. The van der Waals surface area contributed by atoms with E-state index in [1.54, 1.807) is 13.0 Å². The van der Waals surface area contributed by atoms with Crippen molar-refractivity contribution in [2.75, 3.05) is 13.7 Å². The molecule has 1 saturated carbocycles. The van der Waals surface area contributed by atoms with Gasteiger partial charge in [0.05, 0.1) is 32.3 Å². The highest BCUT2D eigenvalue weighted by atomic mass is 16.7. The number of ketones is 1. The van der Waals surface area contributed by atoms with Gasteiger partial charge in [-0.05, 0) is 30.0 Å². The van der Waals surface area contributed by atoms with Crippen molar-refractivity contribution in [3.8, 4) is 28.7 Å². The molecule has 1 aliphatic carbocycles. The second-order valence-corrected chi connectivity index (χ2v) is 11.2. The summed E-state index contributed by atoms with van der Waals surface area (Å²) in [5.41, 5.74) is 0.398. The van der Waals surface area contributed by atoms with Gasteiger partial charge in [0.1, 0.15) is 65.5 Å². The predicted molar refractivity (Wildman–Crippen MR) is 144 cm³/mol. The minimum Gasteiger partial charge on any atom is -0.507 e. The number of hydrogen-bond donors (Lipinski definition) is 8. The number of fused-ring (bicyclic) bond motifs is 1. The molecule has 5 rings (SSSR count). The molecular formula is C29H36O14. The number of ether oxygens (including phenoxy) is 5. The third-order valence-corrected chi connectivity index (χ3v) is 8.21. The number of aliphatic hydroxyl groups excluding tert-OH is 6. The van der Waals surface area contributed by atoms with Crippen molar-refractivity contribution >= 4 is 5.78 Å². The third kappa shape index (κ3) is 6.10. The molecule has 0 unspecified atom stereocenters. The largest absolute Gasteiger partial charge is 0.507 e. The van der Waals surface area contributed by atoms with Crippen LogP contribution in [0.4, 0.5) is 0 Å². The summed E-state index contributed by atoms with van der Waals surface area (Å²) in [7, 11) is 1.40. The summed E-state index contributed by atoms with van der Waals surface area (Å²) in [6.45, 7) is 1.31. The van der Waals surface area contributed by atoms with Crippen molar-refractivity contribution in [2.24, 2.45) is 5.92 Å². The van der Waals surface area contributed by atoms with Crippen LogP contribution in [0.1, 0.15) is 41.8 Å². The van der Waals surface area contributed by atoms with E-state index in [1.807, 2.05) is 0 Å². The Labute approximate surface area is 246 Å². The van der Waals surface area contributed by atoms with Gasteiger partial charge in [-0.25, -0.2) is 0 Å². The fraction of sp³-hybridized carbons (Fsp3) is 0.552. The molecule has 2 fully saturated rings. The Bertz CT molecular complexity index is 1320. The average molecular weight is 609 g/mol. The fourth-order valence-corrected chi connectivity index (χ4v) is 5.65. The maximum Gasteiger partial charge on any atom is 0.229 e. The summed E-state index contributed by atoms with van der Waals surface area (Å²) in [4.78, 5) is 12.9. The number of Topliss-reactive ketones (excluding diaryl/α,β-unsaturated/α-hetero) is 1. The first-order valence-electron chi connectivity index (χ1n) is 13.9. The molecular weight excluding hydrogens is 572 g/mol. The number of benzene rings is 2. The van der Waals surface area contributed by atoms with Crippen LogP contribution in [0.15, 0.2) is 30.3 Å². The zero-order valence-corrected chi connectivity index (χ0v) is 23.4. The Morgan fingerprint density at radius 2 is 1.60 bits per heavy atom. The van der Waals surface area contributed by atoms with Crippen molar-refractivity contribution in [1.82, 2.24) is 0 Å². The van der Waals surface area contributed by atoms with Crippen LogP contribution >= 0.6 is 0 Å². The molecule has 1 saturated heterocycles. The molecule has 0 bridgehead atoms. The van der Waals surface area contributed by atoms with Gasteiger partial charge in [-0.1, -0.05) is 13.0 Å². The van der Waals surface area contributed by atoms with E-state index in [2.05, 4.69) is 0 Å². The molecule has 14 heteroatoms. The molecule has 0 spiro atoms. The maximum absolute atomic E-state index is 12.9. The molecule has 2 heterocycles. The topological polar surface area (TPSA) is 225 Å². The lowest BCUT2D eigenvalue weighted by molar-refractivity contribution is -0.285. The van der Waals surface area contributed by atoms with Crippen LogP contribution in [0.5, 0.6) is 28.7 Å². The van der Waals surface area contributed by atoms with Gasteiger partial charge >= 0.3 is 0 Å². The van der Waals surface area contributed by atoms with Crippen molar-refractivity contribution in [2.45, 2.75) is 81.0 Å². The van der Waals surface area contributed by atoms with E-state index in [9.17, 15) is 45.6 Å². The van der Waals surface area contributed by atoms with Crippen LogP contribution in [-0.4, -0.2) is 115 Å².